The van der Waals surface area contributed by atoms with Crippen LogP contribution in [0.1, 0.15) is 26.2 Å². The lowest BCUT2D eigenvalue weighted by Gasteiger charge is -2.24. The van der Waals surface area contributed by atoms with Gasteiger partial charge in [-0.2, -0.15) is 0 Å². The molecule has 0 aromatic carbocycles. The first-order chi connectivity index (χ1) is 5.99. The maximum Gasteiger partial charge on any atom is 0.303 e. The van der Waals surface area contributed by atoms with E-state index in [9.17, 15) is 9.90 Å². The van der Waals surface area contributed by atoms with Crippen LogP contribution in [0.5, 0.6) is 0 Å². The summed E-state index contributed by atoms with van der Waals surface area (Å²) < 4.78 is 0. The summed E-state index contributed by atoms with van der Waals surface area (Å²) in [4.78, 5) is 10.6. The third-order valence-corrected chi connectivity index (χ3v) is 3.01. The predicted octanol–water partition coefficient (Wildman–Crippen LogP) is 0.197. The zero-order valence-electron chi connectivity index (χ0n) is 7.86. The van der Waals surface area contributed by atoms with Gasteiger partial charge in [0.2, 0.25) is 0 Å². The lowest BCUT2D eigenvalue weighted by atomic mass is 9.82. The number of carbonyl (C=O) groups is 1. The number of carboxylic acids is 1. The van der Waals surface area contributed by atoms with Gasteiger partial charge in [0.25, 0.3) is 0 Å². The second-order valence-electron chi connectivity index (χ2n) is 4.23. The van der Waals surface area contributed by atoms with E-state index in [1.54, 1.807) is 0 Å². The summed E-state index contributed by atoms with van der Waals surface area (Å²) in [5.41, 5.74) is 5.20. The average molecular weight is 187 g/mol. The summed E-state index contributed by atoms with van der Waals surface area (Å²) in [5, 5.41) is 18.2. The van der Waals surface area contributed by atoms with Crippen molar-refractivity contribution in [2.24, 2.45) is 17.1 Å². The zero-order valence-corrected chi connectivity index (χ0v) is 7.86. The Kier molecular flexibility index (Phi) is 2.93. The Hall–Kier alpha value is -0.610. The fourth-order valence-electron chi connectivity index (χ4n) is 2.25. The van der Waals surface area contributed by atoms with E-state index in [1.165, 1.54) is 0 Å². The molecule has 0 aromatic heterocycles. The highest BCUT2D eigenvalue weighted by Gasteiger charge is 2.43. The molecule has 4 heteroatoms. The molecule has 0 saturated heterocycles. The Balaban J connectivity index is 2.67. The van der Waals surface area contributed by atoms with Crippen molar-refractivity contribution < 1.29 is 15.0 Å². The lowest BCUT2D eigenvalue weighted by molar-refractivity contribution is -0.139. The fraction of sp³-hybridized carbons (Fsp3) is 0.889. The van der Waals surface area contributed by atoms with E-state index in [0.29, 0.717) is 13.0 Å². The van der Waals surface area contributed by atoms with Gasteiger partial charge >= 0.3 is 5.97 Å². The van der Waals surface area contributed by atoms with Crippen molar-refractivity contribution in [3.05, 3.63) is 0 Å². The molecule has 0 amide bonds. The number of aliphatic carboxylic acids is 1. The van der Waals surface area contributed by atoms with Crippen LogP contribution in [0.4, 0.5) is 0 Å². The first-order valence-electron chi connectivity index (χ1n) is 4.59. The van der Waals surface area contributed by atoms with Crippen molar-refractivity contribution in [3.63, 3.8) is 0 Å². The largest absolute Gasteiger partial charge is 0.481 e. The van der Waals surface area contributed by atoms with Crippen molar-refractivity contribution >= 4 is 5.97 Å². The molecule has 13 heavy (non-hydrogen) atoms. The SMILES string of the molecule is C[C@H]1CC(CN)(CC(=O)O)C[C@@H]1O. The molecule has 0 aliphatic heterocycles. The van der Waals surface area contributed by atoms with Gasteiger partial charge in [-0.1, -0.05) is 6.92 Å². The normalized spacial score (nSPS) is 39.3. The summed E-state index contributed by atoms with van der Waals surface area (Å²) >= 11 is 0. The minimum absolute atomic E-state index is 0.0743. The van der Waals surface area contributed by atoms with E-state index < -0.39 is 5.97 Å². The topological polar surface area (TPSA) is 83.6 Å². The highest BCUT2D eigenvalue weighted by Crippen LogP contribution is 2.43. The fourth-order valence-corrected chi connectivity index (χ4v) is 2.25. The Morgan fingerprint density at radius 3 is 2.54 bits per heavy atom. The smallest absolute Gasteiger partial charge is 0.303 e. The van der Waals surface area contributed by atoms with Gasteiger partial charge in [-0.3, -0.25) is 4.79 Å². The summed E-state index contributed by atoms with van der Waals surface area (Å²) in [7, 11) is 0. The second-order valence-corrected chi connectivity index (χ2v) is 4.23. The number of rotatable bonds is 3. The molecule has 1 aliphatic rings. The van der Waals surface area contributed by atoms with Gasteiger partial charge < -0.3 is 15.9 Å². The Bertz CT molecular complexity index is 195. The maximum atomic E-state index is 10.6. The van der Waals surface area contributed by atoms with Crippen LogP contribution in [0.15, 0.2) is 0 Å². The molecule has 0 heterocycles. The van der Waals surface area contributed by atoms with Crippen LogP contribution in [0.25, 0.3) is 0 Å². The molecule has 4 nitrogen and oxygen atoms in total. The van der Waals surface area contributed by atoms with Crippen molar-refractivity contribution in [2.45, 2.75) is 32.3 Å². The van der Waals surface area contributed by atoms with Crippen molar-refractivity contribution in [3.8, 4) is 0 Å². The van der Waals surface area contributed by atoms with Gasteiger partial charge in [-0.05, 0) is 30.7 Å². The van der Waals surface area contributed by atoms with Gasteiger partial charge in [-0.15, -0.1) is 0 Å². The Morgan fingerprint density at radius 2 is 2.23 bits per heavy atom. The Labute approximate surface area is 77.7 Å². The molecule has 1 aliphatic carbocycles. The first kappa shape index (κ1) is 10.5. The third kappa shape index (κ3) is 2.19. The molecule has 3 atom stereocenters. The number of hydrogen-bond donors (Lipinski definition) is 3. The van der Waals surface area contributed by atoms with E-state index in [1.807, 2.05) is 6.92 Å². The van der Waals surface area contributed by atoms with Crippen molar-refractivity contribution in [1.29, 1.82) is 0 Å². The van der Waals surface area contributed by atoms with Gasteiger partial charge in [0.05, 0.1) is 12.5 Å². The first-order valence-corrected chi connectivity index (χ1v) is 4.59. The molecule has 0 radical (unpaired) electrons. The standard InChI is InChI=1S/C9H17NO3/c1-6-2-9(5-10,3-7(6)11)4-8(12)13/h6-7,11H,2-5,10H2,1H3,(H,12,13)/t6-,7-,9?/m0/s1. The molecule has 4 N–H and O–H groups in total. The van der Waals surface area contributed by atoms with E-state index >= 15 is 0 Å². The van der Waals surface area contributed by atoms with E-state index in [2.05, 4.69) is 0 Å². The van der Waals surface area contributed by atoms with E-state index in [-0.39, 0.29) is 23.9 Å². The quantitative estimate of drug-likeness (QED) is 0.589. The van der Waals surface area contributed by atoms with Crippen LogP contribution in [-0.4, -0.2) is 28.8 Å². The molecule has 76 valence electrons. The van der Waals surface area contributed by atoms with Crippen LogP contribution in [0.3, 0.4) is 0 Å². The number of aliphatic hydroxyl groups excluding tert-OH is 1. The predicted molar refractivity (Wildman–Crippen MR) is 48.1 cm³/mol. The van der Waals surface area contributed by atoms with Gasteiger partial charge in [0.1, 0.15) is 0 Å². The Morgan fingerprint density at radius 1 is 1.62 bits per heavy atom. The van der Waals surface area contributed by atoms with E-state index in [0.717, 1.165) is 6.42 Å². The highest BCUT2D eigenvalue weighted by atomic mass is 16.4. The average Bonchev–Trinajstić information content (AvgIpc) is 2.27. The van der Waals surface area contributed by atoms with Gasteiger partial charge in [0.15, 0.2) is 0 Å². The number of aliphatic hydroxyl groups is 1. The van der Waals surface area contributed by atoms with Crippen LogP contribution in [0, 0.1) is 11.3 Å². The number of nitrogens with two attached hydrogens (primary N) is 1. The molecular weight excluding hydrogens is 170 g/mol. The summed E-state index contributed by atoms with van der Waals surface area (Å²) in [6, 6.07) is 0. The van der Waals surface area contributed by atoms with Crippen molar-refractivity contribution in [1.82, 2.24) is 0 Å². The number of carboxylic acid groups (broad SMARTS) is 1. The monoisotopic (exact) mass is 187 g/mol. The molecule has 1 saturated carbocycles. The minimum Gasteiger partial charge on any atom is -0.481 e. The highest BCUT2D eigenvalue weighted by molar-refractivity contribution is 5.67. The van der Waals surface area contributed by atoms with Crippen molar-refractivity contribution in [2.75, 3.05) is 6.54 Å². The number of hydrogen-bond acceptors (Lipinski definition) is 3. The molecule has 0 aromatic rings. The molecular formula is C9H17NO3. The van der Waals surface area contributed by atoms with Crippen LogP contribution >= 0.6 is 0 Å². The van der Waals surface area contributed by atoms with E-state index in [4.69, 9.17) is 10.8 Å². The van der Waals surface area contributed by atoms with Crippen LogP contribution < -0.4 is 5.73 Å². The second kappa shape index (κ2) is 3.64. The summed E-state index contributed by atoms with van der Waals surface area (Å²) in [6.07, 6.45) is 0.932. The molecule has 1 unspecified atom stereocenters. The minimum atomic E-state index is -0.827. The molecule has 1 rings (SSSR count). The summed E-state index contributed by atoms with van der Waals surface area (Å²) in [6.45, 7) is 2.28. The molecule has 0 spiro atoms. The molecule has 1 fully saturated rings. The summed E-state index contributed by atoms with van der Waals surface area (Å²) in [5.74, 6) is -0.658. The third-order valence-electron chi connectivity index (χ3n) is 3.01. The van der Waals surface area contributed by atoms with Crippen LogP contribution in [0.2, 0.25) is 0 Å². The maximum absolute atomic E-state index is 10.6. The van der Waals surface area contributed by atoms with Gasteiger partial charge in [-0.25, -0.2) is 0 Å². The molecule has 0 bridgehead atoms. The zero-order chi connectivity index (χ0) is 10.1. The lowest BCUT2D eigenvalue weighted by Crippen LogP contribution is -2.31. The van der Waals surface area contributed by atoms with Gasteiger partial charge in [0, 0.05) is 0 Å². The van der Waals surface area contributed by atoms with Crippen LogP contribution in [-0.2, 0) is 4.79 Å².